The van der Waals surface area contributed by atoms with Crippen LogP contribution in [0.15, 0.2) is 30.3 Å². The van der Waals surface area contributed by atoms with Crippen LogP contribution in [0.3, 0.4) is 0 Å². The molecular formula is C17H24N2O. The van der Waals surface area contributed by atoms with Crippen LogP contribution >= 0.6 is 0 Å². The molecule has 0 radical (unpaired) electrons. The molecule has 1 heterocycles. The number of hydrogen-bond donors (Lipinski definition) is 0. The molecule has 20 heavy (non-hydrogen) atoms. The molecule has 3 atom stereocenters. The summed E-state index contributed by atoms with van der Waals surface area (Å²) in [5.74, 6) is 0. The summed E-state index contributed by atoms with van der Waals surface area (Å²) in [4.78, 5) is 2.41. The van der Waals surface area contributed by atoms with Crippen molar-refractivity contribution in [1.82, 2.24) is 4.90 Å². The summed E-state index contributed by atoms with van der Waals surface area (Å²) in [6.07, 6.45) is 1.42. The topological polar surface area (TPSA) is 36.3 Å². The van der Waals surface area contributed by atoms with Crippen LogP contribution in [0.5, 0.6) is 0 Å². The van der Waals surface area contributed by atoms with E-state index in [2.05, 4.69) is 24.8 Å². The van der Waals surface area contributed by atoms with E-state index < -0.39 is 5.41 Å². The molecule has 0 bridgehead atoms. The third-order valence-corrected chi connectivity index (χ3v) is 4.08. The quantitative estimate of drug-likeness (QED) is 0.845. The van der Waals surface area contributed by atoms with Crippen LogP contribution in [0, 0.1) is 11.3 Å². The number of nitriles is 1. The first kappa shape index (κ1) is 15.0. The summed E-state index contributed by atoms with van der Waals surface area (Å²) in [7, 11) is 0. The summed E-state index contributed by atoms with van der Waals surface area (Å²) < 4.78 is 5.75. The summed E-state index contributed by atoms with van der Waals surface area (Å²) in [5, 5.41) is 9.58. The molecule has 0 aliphatic carbocycles. The first-order valence-electron chi connectivity index (χ1n) is 7.38. The molecule has 3 heteroatoms. The molecule has 1 aliphatic heterocycles. The zero-order chi connectivity index (χ0) is 14.6. The molecule has 1 fully saturated rings. The predicted octanol–water partition coefficient (Wildman–Crippen LogP) is 2.97. The Morgan fingerprint density at radius 1 is 1.25 bits per heavy atom. The minimum absolute atomic E-state index is 0.281. The Labute approximate surface area is 122 Å². The van der Waals surface area contributed by atoms with Crippen LogP contribution in [-0.2, 0) is 10.2 Å². The smallest absolute Gasteiger partial charge is 0.0806 e. The average molecular weight is 272 g/mol. The van der Waals surface area contributed by atoms with Crippen molar-refractivity contribution in [1.29, 1.82) is 5.26 Å². The zero-order valence-electron chi connectivity index (χ0n) is 12.7. The van der Waals surface area contributed by atoms with Crippen molar-refractivity contribution >= 4 is 0 Å². The normalized spacial score (nSPS) is 26.7. The fraction of sp³-hybridized carbons (Fsp3) is 0.588. The van der Waals surface area contributed by atoms with Crippen molar-refractivity contribution in [3.63, 3.8) is 0 Å². The Hall–Kier alpha value is -1.37. The lowest BCUT2D eigenvalue weighted by Gasteiger charge is -2.36. The molecule has 2 rings (SSSR count). The molecule has 108 valence electrons. The van der Waals surface area contributed by atoms with Crippen LogP contribution < -0.4 is 0 Å². The largest absolute Gasteiger partial charge is 0.373 e. The van der Waals surface area contributed by atoms with E-state index in [-0.39, 0.29) is 12.2 Å². The van der Waals surface area contributed by atoms with Crippen LogP contribution in [0.2, 0.25) is 0 Å². The van der Waals surface area contributed by atoms with Crippen molar-refractivity contribution in [3.8, 4) is 6.07 Å². The molecule has 3 unspecified atom stereocenters. The molecular weight excluding hydrogens is 248 g/mol. The maximum absolute atomic E-state index is 9.58. The van der Waals surface area contributed by atoms with Crippen molar-refractivity contribution < 1.29 is 4.74 Å². The van der Waals surface area contributed by atoms with Gasteiger partial charge >= 0.3 is 0 Å². The van der Waals surface area contributed by atoms with Crippen LogP contribution in [0.4, 0.5) is 0 Å². The van der Waals surface area contributed by atoms with Crippen molar-refractivity contribution in [2.75, 3.05) is 19.6 Å². The van der Waals surface area contributed by atoms with Gasteiger partial charge in [0.25, 0.3) is 0 Å². The van der Waals surface area contributed by atoms with Crippen molar-refractivity contribution in [2.24, 2.45) is 0 Å². The highest BCUT2D eigenvalue weighted by Crippen LogP contribution is 2.27. The lowest BCUT2D eigenvalue weighted by molar-refractivity contribution is -0.0688. The molecule has 1 aromatic carbocycles. The first-order valence-corrected chi connectivity index (χ1v) is 7.38. The van der Waals surface area contributed by atoms with E-state index in [9.17, 15) is 5.26 Å². The van der Waals surface area contributed by atoms with E-state index in [0.29, 0.717) is 0 Å². The standard InChI is InChI=1S/C17H24N2O/c1-14-11-19(12-15(2)20-14)10-9-17(3,13-18)16-7-5-4-6-8-16/h4-8,14-15H,9-12H2,1-3H3. The van der Waals surface area contributed by atoms with Gasteiger partial charge in [0.15, 0.2) is 0 Å². The molecule has 0 amide bonds. The van der Waals surface area contributed by atoms with Gasteiger partial charge in [-0.3, -0.25) is 4.90 Å². The Morgan fingerprint density at radius 3 is 2.40 bits per heavy atom. The second-order valence-corrected chi connectivity index (χ2v) is 6.08. The molecule has 0 N–H and O–H groups in total. The van der Waals surface area contributed by atoms with Gasteiger partial charge in [-0.15, -0.1) is 0 Å². The number of hydrogen-bond acceptors (Lipinski definition) is 3. The Morgan fingerprint density at radius 2 is 1.85 bits per heavy atom. The molecule has 3 nitrogen and oxygen atoms in total. The first-order chi connectivity index (χ1) is 9.53. The Bertz CT molecular complexity index is 458. The number of rotatable bonds is 4. The maximum atomic E-state index is 9.58. The lowest BCUT2D eigenvalue weighted by atomic mass is 9.81. The van der Waals surface area contributed by atoms with E-state index in [1.807, 2.05) is 37.3 Å². The third kappa shape index (κ3) is 3.59. The molecule has 0 spiro atoms. The van der Waals surface area contributed by atoms with E-state index in [1.165, 1.54) is 0 Å². The van der Waals surface area contributed by atoms with Crippen molar-refractivity contribution in [3.05, 3.63) is 35.9 Å². The third-order valence-electron chi connectivity index (χ3n) is 4.08. The molecule has 0 saturated carbocycles. The van der Waals surface area contributed by atoms with E-state index >= 15 is 0 Å². The number of ether oxygens (including phenoxy) is 1. The van der Waals surface area contributed by atoms with Gasteiger partial charge in [-0.05, 0) is 32.8 Å². The monoisotopic (exact) mass is 272 g/mol. The fourth-order valence-corrected chi connectivity index (χ4v) is 2.92. The second-order valence-electron chi connectivity index (χ2n) is 6.08. The van der Waals surface area contributed by atoms with E-state index in [4.69, 9.17) is 4.74 Å². The van der Waals surface area contributed by atoms with Gasteiger partial charge in [0, 0.05) is 19.6 Å². The highest BCUT2D eigenvalue weighted by Gasteiger charge is 2.29. The molecule has 1 saturated heterocycles. The van der Waals surface area contributed by atoms with Crippen LogP contribution in [0.25, 0.3) is 0 Å². The van der Waals surface area contributed by atoms with Gasteiger partial charge in [0.2, 0.25) is 0 Å². The van der Waals surface area contributed by atoms with Crippen LogP contribution in [0.1, 0.15) is 32.8 Å². The summed E-state index contributed by atoms with van der Waals surface area (Å²) in [6, 6.07) is 12.6. The second kappa shape index (κ2) is 6.39. The number of nitrogens with zero attached hydrogens (tertiary/aromatic N) is 2. The lowest BCUT2D eigenvalue weighted by Crippen LogP contribution is -2.46. The van der Waals surface area contributed by atoms with Gasteiger partial charge in [-0.2, -0.15) is 5.26 Å². The van der Waals surface area contributed by atoms with E-state index in [1.54, 1.807) is 0 Å². The fourth-order valence-electron chi connectivity index (χ4n) is 2.92. The van der Waals surface area contributed by atoms with Gasteiger partial charge in [-0.1, -0.05) is 30.3 Å². The van der Waals surface area contributed by atoms with Crippen molar-refractivity contribution in [2.45, 2.75) is 44.8 Å². The molecule has 0 aromatic heterocycles. The predicted molar refractivity (Wildman–Crippen MR) is 80.5 cm³/mol. The van der Waals surface area contributed by atoms with Gasteiger partial charge < -0.3 is 4.74 Å². The Balaban J connectivity index is 1.99. The number of benzene rings is 1. The highest BCUT2D eigenvalue weighted by molar-refractivity contribution is 5.31. The highest BCUT2D eigenvalue weighted by atomic mass is 16.5. The summed E-state index contributed by atoms with van der Waals surface area (Å²) in [5.41, 5.74) is 0.698. The minimum atomic E-state index is -0.411. The SMILES string of the molecule is CC1CN(CCC(C)(C#N)c2ccccc2)CC(C)O1. The van der Waals surface area contributed by atoms with Gasteiger partial charge in [0.1, 0.15) is 0 Å². The van der Waals surface area contributed by atoms with Crippen LogP contribution in [-0.4, -0.2) is 36.7 Å². The number of morpholine rings is 1. The minimum Gasteiger partial charge on any atom is -0.373 e. The summed E-state index contributed by atoms with van der Waals surface area (Å²) >= 11 is 0. The van der Waals surface area contributed by atoms with Gasteiger partial charge in [-0.25, -0.2) is 0 Å². The molecule has 1 aromatic rings. The maximum Gasteiger partial charge on any atom is 0.0806 e. The summed E-state index contributed by atoms with van der Waals surface area (Å²) in [6.45, 7) is 9.13. The zero-order valence-corrected chi connectivity index (χ0v) is 12.7. The Kier molecular flexibility index (Phi) is 4.80. The average Bonchev–Trinajstić information content (AvgIpc) is 2.45. The van der Waals surface area contributed by atoms with Gasteiger partial charge in [0.05, 0.1) is 23.7 Å². The molecule has 1 aliphatic rings. The van der Waals surface area contributed by atoms with E-state index in [0.717, 1.165) is 31.6 Å².